The van der Waals surface area contributed by atoms with E-state index >= 15 is 0 Å². The number of carbonyl (C=O) groups excluding carboxylic acids is 1. The van der Waals surface area contributed by atoms with Gasteiger partial charge in [0.2, 0.25) is 0 Å². The molecule has 8 aliphatic rings. The van der Waals surface area contributed by atoms with E-state index in [0.29, 0.717) is 31.3 Å². The molecule has 0 amide bonds. The molecule has 2 bridgehead atoms. The molecular weight excluding hydrogens is 817 g/mol. The number of carbonyl (C=O) groups is 1. The van der Waals surface area contributed by atoms with Gasteiger partial charge in [-0.25, -0.2) is 0 Å². The van der Waals surface area contributed by atoms with Crippen LogP contribution >= 0.6 is 0 Å². The molecule has 7 aliphatic heterocycles. The minimum Gasteiger partial charge on any atom is -0.462 e. The second-order valence-corrected chi connectivity index (χ2v) is 19.7. The molecule has 0 radical (unpaired) electrons. The Morgan fingerprint density at radius 2 is 1.57 bits per heavy atom. The van der Waals surface area contributed by atoms with Crippen LogP contribution in [0.15, 0.2) is 47.6 Å². The van der Waals surface area contributed by atoms with Gasteiger partial charge in [-0.05, 0) is 57.3 Å². The van der Waals surface area contributed by atoms with Crippen LogP contribution < -0.4 is 0 Å². The Morgan fingerprint density at radius 1 is 0.857 bits per heavy atom. The maximum atomic E-state index is 14.5. The Kier molecular flexibility index (Phi) is 13.9. The van der Waals surface area contributed by atoms with E-state index in [1.165, 1.54) is 0 Å². The van der Waals surface area contributed by atoms with Crippen molar-refractivity contribution in [1.29, 1.82) is 0 Å². The van der Waals surface area contributed by atoms with Gasteiger partial charge in [-0.2, -0.15) is 0 Å². The Morgan fingerprint density at radius 3 is 2.30 bits per heavy atom. The predicted molar refractivity (Wildman–Crippen MR) is 227 cm³/mol. The molecule has 0 aromatic carbocycles. The van der Waals surface area contributed by atoms with E-state index < -0.39 is 115 Å². The summed E-state index contributed by atoms with van der Waals surface area (Å²) >= 11 is 0. The number of fused-ring (bicyclic) bond motifs is 2. The Labute approximate surface area is 372 Å². The fourth-order valence-corrected chi connectivity index (χ4v) is 11.3. The number of esters is 1. The summed E-state index contributed by atoms with van der Waals surface area (Å²) in [4.78, 5) is 14.5. The van der Waals surface area contributed by atoms with Gasteiger partial charge in [0.25, 0.3) is 0 Å². The molecule has 2 spiro atoms. The number of aliphatic hydroxyl groups is 3. The lowest BCUT2D eigenvalue weighted by Crippen LogP contribution is -2.63. The van der Waals surface area contributed by atoms with Gasteiger partial charge in [-0.1, -0.05) is 64.5 Å². The van der Waals surface area contributed by atoms with Gasteiger partial charge in [0.15, 0.2) is 24.0 Å². The maximum Gasteiger partial charge on any atom is 0.316 e. The fraction of sp³-hybridized carbons (Fsp3) is 0.812. The molecule has 15 heteroatoms. The zero-order valence-corrected chi connectivity index (χ0v) is 38.6. The van der Waals surface area contributed by atoms with Crippen molar-refractivity contribution in [1.82, 2.24) is 0 Å². The molecular formula is C48H72O15. The van der Waals surface area contributed by atoms with Gasteiger partial charge >= 0.3 is 5.97 Å². The lowest BCUT2D eigenvalue weighted by molar-refractivity contribution is -0.318. The lowest BCUT2D eigenvalue weighted by Gasteiger charge is -2.48. The van der Waals surface area contributed by atoms with Crippen molar-refractivity contribution in [3.05, 3.63) is 47.6 Å². The normalized spacial score (nSPS) is 51.3. The first-order valence-electron chi connectivity index (χ1n) is 23.3. The number of hydrogen-bond donors (Lipinski definition) is 3. The highest BCUT2D eigenvalue weighted by molar-refractivity contribution is 5.78. The summed E-state index contributed by atoms with van der Waals surface area (Å²) in [5, 5.41) is 34.6. The van der Waals surface area contributed by atoms with Gasteiger partial charge in [-0.15, -0.1) is 0 Å². The SMILES string of the molecule is CC[C@H](C)[C@H]1O[C@]2(C=C[C@@H]1C)C[C@@H]1C[C@@H](C/C=C(/C)[C@@H](O[C@H]3C[C@H](OC)[C@@H](O[C@H]4C[C@H](OC)[C@@H](O)[C@H](C)O4)[C@H](C)O3)[C@@H](C)C=C[C@@H]3O[C@]34CO[C@@H]3[C@H](O)C(C)=C[C@@H](C(=O)O1)[C@@]34O)O2. The zero-order chi connectivity index (χ0) is 45.2. The van der Waals surface area contributed by atoms with E-state index in [1.807, 2.05) is 32.1 Å². The van der Waals surface area contributed by atoms with Crippen LogP contribution in [0, 0.1) is 23.7 Å². The fourth-order valence-electron chi connectivity index (χ4n) is 11.3. The molecule has 22 atom stereocenters. The predicted octanol–water partition coefficient (Wildman–Crippen LogP) is 4.59. The standard InChI is InChI=1S/C48H72O15/c1-11-24(2)42-27(5)16-17-46(63-42)22-32-19-31(61-46)14-12-25(3)41(59-38-21-35(54-10)43(30(8)57-38)60-37-20-34(53-9)40(50)29(7)56-37)26(4)13-15-36-47(62-36)23-55-44-39(49)28(6)18-33(45(51)58-32)48(44,47)52/h12-13,15-18,24,26-27,29-44,49-50,52H,11,14,19-23H2,1-10H3/b15-13?,25-12-/t24-,26-,27-,29-,30-,31+,32-,33-,34-,35-,36-,37-,38-,39+,40-,41+,42+,43-,44+,46+,47+,48+/m0/s1. The van der Waals surface area contributed by atoms with Gasteiger partial charge in [0, 0.05) is 51.7 Å². The number of epoxide rings is 1. The van der Waals surface area contributed by atoms with Crippen LogP contribution in [0.3, 0.4) is 0 Å². The molecule has 5 fully saturated rings. The van der Waals surface area contributed by atoms with Crippen molar-refractivity contribution in [2.75, 3.05) is 20.8 Å². The third-order valence-electron chi connectivity index (χ3n) is 15.3. The highest BCUT2D eigenvalue weighted by Gasteiger charge is 2.79. The van der Waals surface area contributed by atoms with E-state index in [1.54, 1.807) is 34.1 Å². The second kappa shape index (κ2) is 18.5. The van der Waals surface area contributed by atoms with E-state index in [0.717, 1.165) is 12.0 Å². The van der Waals surface area contributed by atoms with Crippen LogP contribution in [0.1, 0.15) is 93.9 Å². The molecule has 7 heterocycles. The molecule has 0 aromatic rings. The minimum absolute atomic E-state index is 0.0123. The van der Waals surface area contributed by atoms with Crippen LogP contribution in [-0.2, 0) is 56.9 Å². The molecule has 63 heavy (non-hydrogen) atoms. The van der Waals surface area contributed by atoms with E-state index in [-0.39, 0.29) is 36.9 Å². The largest absolute Gasteiger partial charge is 0.462 e. The van der Waals surface area contributed by atoms with Crippen LogP contribution in [0.25, 0.3) is 0 Å². The molecule has 0 unspecified atom stereocenters. The van der Waals surface area contributed by atoms with Gasteiger partial charge in [0.05, 0.1) is 49.3 Å². The average molecular weight is 889 g/mol. The van der Waals surface area contributed by atoms with Crippen molar-refractivity contribution in [3.63, 3.8) is 0 Å². The summed E-state index contributed by atoms with van der Waals surface area (Å²) in [6.07, 6.45) is 5.94. The van der Waals surface area contributed by atoms with Gasteiger partial charge in [0.1, 0.15) is 48.1 Å². The Hall–Kier alpha value is -2.09. The van der Waals surface area contributed by atoms with Crippen molar-refractivity contribution in [2.24, 2.45) is 23.7 Å². The summed E-state index contributed by atoms with van der Waals surface area (Å²) in [7, 11) is 3.22. The third-order valence-corrected chi connectivity index (χ3v) is 15.3. The number of hydrogen-bond acceptors (Lipinski definition) is 15. The van der Waals surface area contributed by atoms with E-state index in [2.05, 4.69) is 39.8 Å². The first-order valence-corrected chi connectivity index (χ1v) is 23.3. The summed E-state index contributed by atoms with van der Waals surface area (Å²) in [5.41, 5.74) is -1.72. The van der Waals surface area contributed by atoms with Crippen molar-refractivity contribution in [3.8, 4) is 0 Å². The smallest absolute Gasteiger partial charge is 0.316 e. The number of rotatable bonds is 8. The third kappa shape index (κ3) is 8.82. The molecule has 0 aromatic heterocycles. The number of methoxy groups -OCH3 is 2. The van der Waals surface area contributed by atoms with Crippen molar-refractivity contribution >= 4 is 5.97 Å². The highest BCUT2D eigenvalue weighted by Crippen LogP contribution is 2.59. The van der Waals surface area contributed by atoms with Gasteiger partial charge < -0.3 is 67.4 Å². The average Bonchev–Trinajstić information content (AvgIpc) is 3.90. The second-order valence-electron chi connectivity index (χ2n) is 19.7. The summed E-state index contributed by atoms with van der Waals surface area (Å²) < 4.78 is 70.2. The summed E-state index contributed by atoms with van der Waals surface area (Å²) in [6, 6.07) is 0. The van der Waals surface area contributed by atoms with E-state index in [4.69, 9.17) is 52.1 Å². The first-order chi connectivity index (χ1) is 30.0. The molecule has 1 aliphatic carbocycles. The topological polar surface area (TPSA) is 183 Å². The van der Waals surface area contributed by atoms with E-state index in [9.17, 15) is 20.1 Å². The monoisotopic (exact) mass is 888 g/mol. The lowest BCUT2D eigenvalue weighted by atomic mass is 9.67. The van der Waals surface area contributed by atoms with Crippen LogP contribution in [0.5, 0.6) is 0 Å². The zero-order valence-electron chi connectivity index (χ0n) is 38.6. The van der Waals surface area contributed by atoms with Crippen molar-refractivity contribution < 1.29 is 72.2 Å². The summed E-state index contributed by atoms with van der Waals surface area (Å²) in [6.45, 7) is 16.0. The Bertz CT molecular complexity index is 1770. The molecule has 3 N–H and O–H groups in total. The van der Waals surface area contributed by atoms with Crippen LogP contribution in [0.2, 0.25) is 0 Å². The number of aliphatic hydroxyl groups excluding tert-OH is 2. The molecule has 0 saturated carbocycles. The molecule has 15 nitrogen and oxygen atoms in total. The quantitative estimate of drug-likeness (QED) is 0.175. The highest BCUT2D eigenvalue weighted by atomic mass is 16.7. The minimum atomic E-state index is -1.91. The van der Waals surface area contributed by atoms with Gasteiger partial charge in [-0.3, -0.25) is 4.79 Å². The molecule has 354 valence electrons. The summed E-state index contributed by atoms with van der Waals surface area (Å²) in [5.74, 6) is -2.69. The first kappa shape index (κ1) is 47.4. The van der Waals surface area contributed by atoms with Crippen LogP contribution in [0.4, 0.5) is 0 Å². The molecule has 8 rings (SSSR count). The maximum absolute atomic E-state index is 14.5. The number of ether oxygens (including phenoxy) is 11. The van der Waals surface area contributed by atoms with Crippen LogP contribution in [-0.4, -0.2) is 151 Å². The molecule has 5 saturated heterocycles. The van der Waals surface area contributed by atoms with Crippen molar-refractivity contribution in [2.45, 2.75) is 203 Å². The Balaban J connectivity index is 1.09.